The molecule has 0 aliphatic carbocycles. The first-order valence-electron chi connectivity index (χ1n) is 4.23. The van der Waals surface area contributed by atoms with Gasteiger partial charge in [-0.05, 0) is 0 Å². The Morgan fingerprint density at radius 3 is 2.00 bits per heavy atom. The molecule has 114 valence electrons. The summed E-state index contributed by atoms with van der Waals surface area (Å²) in [6.45, 7) is -1.02. The highest BCUT2D eigenvalue weighted by atomic mass is 32.3. The molecule has 4 N–H and O–H groups in total. The van der Waals surface area contributed by atoms with Crippen molar-refractivity contribution in [2.24, 2.45) is 0 Å². The Balaban J connectivity index is 4.74. The van der Waals surface area contributed by atoms with E-state index in [1.54, 1.807) is 0 Å². The molecule has 0 aromatic heterocycles. The lowest BCUT2D eigenvalue weighted by molar-refractivity contribution is -0.135. The van der Waals surface area contributed by atoms with Crippen LogP contribution in [-0.4, -0.2) is 67.9 Å². The summed E-state index contributed by atoms with van der Waals surface area (Å²) >= 11 is 0. The molecule has 0 aromatic rings. The van der Waals surface area contributed by atoms with Gasteiger partial charge in [0.2, 0.25) is 0 Å². The lowest BCUT2D eigenvalue weighted by Crippen LogP contribution is -2.43. The van der Waals surface area contributed by atoms with Crippen LogP contribution in [0.5, 0.6) is 0 Å². The Morgan fingerprint density at radius 1 is 1.11 bits per heavy atom. The quantitative estimate of drug-likeness (QED) is 0.140. The second kappa shape index (κ2) is 7.17. The molecule has 0 aromatic carbocycles. The average Bonchev–Trinajstić information content (AvgIpc) is 2.31. The molecule has 0 aliphatic rings. The summed E-state index contributed by atoms with van der Waals surface area (Å²) in [6.07, 6.45) is -6.53. The molecule has 12 nitrogen and oxygen atoms in total. The number of carbonyl (C=O) groups is 1. The number of carbonyl (C=O) groups excluding carboxylic acids is 1. The molecule has 0 radical (unpaired) electrons. The van der Waals surface area contributed by atoms with E-state index in [1.165, 1.54) is 0 Å². The van der Waals surface area contributed by atoms with Gasteiger partial charge in [-0.3, -0.25) is 4.55 Å². The topological polar surface area (TPSA) is 194 Å². The molecule has 0 bridgehead atoms. The van der Waals surface area contributed by atoms with E-state index < -0.39 is 45.7 Å². The predicted octanol–water partition coefficient (Wildman–Crippen LogP) is -3.72. The van der Waals surface area contributed by atoms with Crippen LogP contribution in [0.4, 0.5) is 0 Å². The van der Waals surface area contributed by atoms with Crippen LogP contribution in [0.3, 0.4) is 0 Å². The lowest BCUT2D eigenvalue weighted by Gasteiger charge is -2.20. The van der Waals surface area contributed by atoms with Gasteiger partial charge in [0.15, 0.2) is 12.4 Å². The average molecular weight is 326 g/mol. The van der Waals surface area contributed by atoms with Crippen LogP contribution in [0.2, 0.25) is 0 Å². The zero-order chi connectivity index (χ0) is 15.3. The van der Waals surface area contributed by atoms with Crippen LogP contribution >= 0.6 is 0 Å². The van der Waals surface area contributed by atoms with Crippen molar-refractivity contribution in [1.29, 1.82) is 0 Å². The van der Waals surface area contributed by atoms with Crippen molar-refractivity contribution < 1.29 is 54.4 Å². The normalized spacial score (nSPS) is 17.7. The van der Waals surface area contributed by atoms with E-state index in [0.29, 0.717) is 0 Å². The highest BCUT2D eigenvalue weighted by molar-refractivity contribution is 7.83. The third-order valence-corrected chi connectivity index (χ3v) is 2.50. The second-order valence-electron chi connectivity index (χ2n) is 2.91. The fourth-order valence-electron chi connectivity index (χ4n) is 0.708. The highest BCUT2D eigenvalue weighted by Gasteiger charge is 2.32. The maximum Gasteiger partial charge on any atom is 0.428 e. The van der Waals surface area contributed by atoms with Crippen LogP contribution in [0, 0.1) is 0 Å². The van der Waals surface area contributed by atoms with E-state index >= 15 is 0 Å². The van der Waals surface area contributed by atoms with E-state index in [9.17, 15) is 26.7 Å². The summed E-state index contributed by atoms with van der Waals surface area (Å²) in [5, 5.41) is 26.6. The summed E-state index contributed by atoms with van der Waals surface area (Å²) < 4.78 is 59.9. The van der Waals surface area contributed by atoms with Gasteiger partial charge >= 0.3 is 20.8 Å². The fraction of sp³-hybridized carbons (Fsp3) is 0.800. The highest BCUT2D eigenvalue weighted by Crippen LogP contribution is 2.09. The van der Waals surface area contributed by atoms with E-state index in [1.807, 2.05) is 0 Å². The van der Waals surface area contributed by atoms with Gasteiger partial charge in [-0.1, -0.05) is 8.67 Å². The molecule has 0 heterocycles. The molecule has 0 unspecified atom stereocenters. The van der Waals surface area contributed by atoms with E-state index in [4.69, 9.17) is 14.8 Å². The first-order valence-corrected chi connectivity index (χ1v) is 6.93. The van der Waals surface area contributed by atoms with E-state index in [0.717, 1.165) is 0 Å². The van der Waals surface area contributed by atoms with Crippen molar-refractivity contribution in [2.45, 2.75) is 18.3 Å². The SMILES string of the molecule is O=C[C@H](OS(=O)(=O)OOS(=O)(=O)O)[C@@H](O)[C@H](O)CO. The monoisotopic (exact) mass is 326 g/mol. The number of aliphatic hydroxyl groups excluding tert-OH is 3. The number of aldehydes is 1. The van der Waals surface area contributed by atoms with Gasteiger partial charge in [-0.15, -0.1) is 0 Å². The zero-order valence-electron chi connectivity index (χ0n) is 8.89. The summed E-state index contributed by atoms with van der Waals surface area (Å²) in [6, 6.07) is 0. The Hall–Kier alpha value is -0.710. The van der Waals surface area contributed by atoms with Gasteiger partial charge < -0.3 is 20.1 Å². The van der Waals surface area contributed by atoms with Crippen molar-refractivity contribution >= 4 is 27.1 Å². The first kappa shape index (κ1) is 18.3. The largest absolute Gasteiger partial charge is 0.428 e. The van der Waals surface area contributed by atoms with E-state index in [-0.39, 0.29) is 6.29 Å². The molecule has 14 heteroatoms. The fourth-order valence-corrected chi connectivity index (χ4v) is 1.72. The second-order valence-corrected chi connectivity index (χ2v) is 5.05. The third-order valence-electron chi connectivity index (χ3n) is 1.48. The summed E-state index contributed by atoms with van der Waals surface area (Å²) in [5.74, 6) is 0. The van der Waals surface area contributed by atoms with Gasteiger partial charge in [0, 0.05) is 0 Å². The number of aliphatic hydroxyl groups is 3. The van der Waals surface area contributed by atoms with Gasteiger partial charge in [0.25, 0.3) is 0 Å². The van der Waals surface area contributed by atoms with Crippen LogP contribution < -0.4 is 0 Å². The molecule has 0 aliphatic heterocycles. The standard InChI is InChI=1S/C5H10O12S2/c6-1-3(8)5(9)4(2-7)15-19(13,14)17-16-18(10,11)12/h2-6,8-9H,1H2,(H,10,11,12)/t3-,4+,5+/m1/s1. The summed E-state index contributed by atoms with van der Waals surface area (Å²) in [7, 11) is -10.5. The van der Waals surface area contributed by atoms with Crippen molar-refractivity contribution in [3.63, 3.8) is 0 Å². The molecule has 0 spiro atoms. The first-order chi connectivity index (χ1) is 8.52. The number of hydrogen-bond acceptors (Lipinski definition) is 11. The molecule has 0 amide bonds. The molecule has 3 atom stereocenters. The molecule has 19 heavy (non-hydrogen) atoms. The smallest absolute Gasteiger partial charge is 0.394 e. The predicted molar refractivity (Wildman–Crippen MR) is 52.7 cm³/mol. The third kappa shape index (κ3) is 7.45. The summed E-state index contributed by atoms with van der Waals surface area (Å²) in [5.41, 5.74) is 0. The Labute approximate surface area is 107 Å². The summed E-state index contributed by atoms with van der Waals surface area (Å²) in [4.78, 5) is 10.4. The molecule has 0 fully saturated rings. The van der Waals surface area contributed by atoms with Crippen LogP contribution in [0.1, 0.15) is 0 Å². The Morgan fingerprint density at radius 2 is 1.63 bits per heavy atom. The molecular weight excluding hydrogens is 316 g/mol. The molecule has 0 rings (SSSR count). The number of rotatable bonds is 9. The lowest BCUT2D eigenvalue weighted by atomic mass is 10.1. The van der Waals surface area contributed by atoms with Crippen molar-refractivity contribution in [3.05, 3.63) is 0 Å². The van der Waals surface area contributed by atoms with Crippen LogP contribution in [-0.2, 0) is 38.4 Å². The Bertz CT molecular complexity index is 478. The maximum atomic E-state index is 10.9. The van der Waals surface area contributed by atoms with Gasteiger partial charge in [-0.2, -0.15) is 16.8 Å². The minimum absolute atomic E-state index is 0.266. The van der Waals surface area contributed by atoms with E-state index in [2.05, 4.69) is 12.9 Å². The van der Waals surface area contributed by atoms with Gasteiger partial charge in [-0.25, -0.2) is 4.18 Å². The van der Waals surface area contributed by atoms with Crippen molar-refractivity contribution in [1.82, 2.24) is 0 Å². The van der Waals surface area contributed by atoms with Gasteiger partial charge in [0.05, 0.1) is 6.61 Å². The Kier molecular flexibility index (Phi) is 6.91. The van der Waals surface area contributed by atoms with Crippen molar-refractivity contribution in [3.8, 4) is 0 Å². The minimum Gasteiger partial charge on any atom is -0.394 e. The minimum atomic E-state index is -5.26. The molecular formula is C5H10O12S2. The maximum absolute atomic E-state index is 10.9. The zero-order valence-corrected chi connectivity index (χ0v) is 10.5. The van der Waals surface area contributed by atoms with Crippen LogP contribution in [0.25, 0.3) is 0 Å². The van der Waals surface area contributed by atoms with Crippen molar-refractivity contribution in [2.75, 3.05) is 6.61 Å². The van der Waals surface area contributed by atoms with Gasteiger partial charge in [0.1, 0.15) is 12.2 Å². The molecule has 0 saturated heterocycles. The van der Waals surface area contributed by atoms with Crippen LogP contribution in [0.15, 0.2) is 0 Å². The number of hydrogen-bond donors (Lipinski definition) is 4. The molecule has 0 saturated carbocycles.